The number of hydrogen-bond acceptors (Lipinski definition) is 1. The van der Waals surface area contributed by atoms with Crippen LogP contribution < -0.4 is 5.73 Å². The Morgan fingerprint density at radius 2 is 2.31 bits per heavy atom. The molecule has 0 aliphatic rings. The van der Waals surface area contributed by atoms with Gasteiger partial charge in [-0.2, -0.15) is 0 Å². The lowest BCUT2D eigenvalue weighted by Gasteiger charge is -2.07. The lowest BCUT2D eigenvalue weighted by atomic mass is 10.1. The van der Waals surface area contributed by atoms with Crippen LogP contribution in [0, 0.1) is 5.82 Å². The highest BCUT2D eigenvalue weighted by molar-refractivity contribution is 9.10. The molecular weight excluding hydrogens is 233 g/mol. The maximum Gasteiger partial charge on any atom is 0.140 e. The number of benzene rings is 1. The van der Waals surface area contributed by atoms with Gasteiger partial charge in [-0.25, -0.2) is 4.39 Å². The monoisotopic (exact) mass is 243 g/mol. The first kappa shape index (κ1) is 10.4. The van der Waals surface area contributed by atoms with Crippen molar-refractivity contribution < 1.29 is 4.39 Å². The molecule has 1 atom stereocenters. The highest BCUT2D eigenvalue weighted by atomic mass is 79.9. The second-order valence-corrected chi connectivity index (χ2v) is 3.67. The minimum Gasteiger partial charge on any atom is -0.324 e. The molecule has 1 rings (SSSR count). The van der Waals surface area contributed by atoms with E-state index < -0.39 is 0 Å². The van der Waals surface area contributed by atoms with Crippen LogP contribution in [0.3, 0.4) is 0 Å². The first-order valence-corrected chi connectivity index (χ1v) is 4.75. The van der Waals surface area contributed by atoms with Gasteiger partial charge in [-0.05, 0) is 34.0 Å². The van der Waals surface area contributed by atoms with Gasteiger partial charge >= 0.3 is 0 Å². The molecule has 1 aromatic rings. The Kier molecular flexibility index (Phi) is 3.63. The maximum absolute atomic E-state index is 13.4. The molecule has 0 heterocycles. The Morgan fingerprint density at radius 3 is 2.92 bits per heavy atom. The SMILES string of the molecule is C=CC(N)Cc1cccc(Br)c1F. The molecule has 1 unspecified atom stereocenters. The summed E-state index contributed by atoms with van der Waals surface area (Å²) in [5.74, 6) is -0.236. The van der Waals surface area contributed by atoms with Crippen molar-refractivity contribution in [3.05, 3.63) is 46.7 Å². The average molecular weight is 244 g/mol. The molecule has 3 heteroatoms. The molecular formula is C10H11BrFN. The molecule has 0 saturated heterocycles. The molecule has 0 radical (unpaired) electrons. The summed E-state index contributed by atoms with van der Waals surface area (Å²) in [5, 5.41) is 0. The summed E-state index contributed by atoms with van der Waals surface area (Å²) in [6.45, 7) is 3.55. The molecule has 0 saturated carbocycles. The highest BCUT2D eigenvalue weighted by Gasteiger charge is 2.07. The predicted octanol–water partition coefficient (Wildman–Crippen LogP) is 2.64. The number of hydrogen-bond donors (Lipinski definition) is 1. The van der Waals surface area contributed by atoms with E-state index in [1.807, 2.05) is 0 Å². The second kappa shape index (κ2) is 4.53. The van der Waals surface area contributed by atoms with Crippen LogP contribution in [0.15, 0.2) is 35.3 Å². The summed E-state index contributed by atoms with van der Waals surface area (Å²) in [4.78, 5) is 0. The van der Waals surface area contributed by atoms with Gasteiger partial charge in [0.1, 0.15) is 5.82 Å². The topological polar surface area (TPSA) is 26.0 Å². The minimum absolute atomic E-state index is 0.191. The van der Waals surface area contributed by atoms with Gasteiger partial charge in [0.25, 0.3) is 0 Å². The number of nitrogens with two attached hydrogens (primary N) is 1. The van der Waals surface area contributed by atoms with E-state index in [9.17, 15) is 4.39 Å². The van der Waals surface area contributed by atoms with Crippen molar-refractivity contribution in [1.29, 1.82) is 0 Å². The average Bonchev–Trinajstić information content (AvgIpc) is 2.13. The van der Waals surface area contributed by atoms with E-state index in [-0.39, 0.29) is 11.9 Å². The van der Waals surface area contributed by atoms with Gasteiger partial charge in [-0.3, -0.25) is 0 Å². The van der Waals surface area contributed by atoms with Gasteiger partial charge in [0.2, 0.25) is 0 Å². The van der Waals surface area contributed by atoms with E-state index in [1.54, 1.807) is 24.3 Å². The van der Waals surface area contributed by atoms with Crippen LogP contribution in [-0.4, -0.2) is 6.04 Å². The maximum atomic E-state index is 13.4. The Labute approximate surface area is 85.6 Å². The van der Waals surface area contributed by atoms with Crippen molar-refractivity contribution in [2.45, 2.75) is 12.5 Å². The largest absolute Gasteiger partial charge is 0.324 e. The van der Waals surface area contributed by atoms with E-state index in [0.717, 1.165) is 0 Å². The summed E-state index contributed by atoms with van der Waals surface area (Å²) in [5.41, 5.74) is 6.24. The highest BCUT2D eigenvalue weighted by Crippen LogP contribution is 2.19. The van der Waals surface area contributed by atoms with Crippen molar-refractivity contribution in [1.82, 2.24) is 0 Å². The molecule has 1 nitrogen and oxygen atoms in total. The molecule has 0 aliphatic carbocycles. The summed E-state index contributed by atoms with van der Waals surface area (Å²) < 4.78 is 13.8. The van der Waals surface area contributed by atoms with E-state index in [1.165, 1.54) is 0 Å². The number of rotatable bonds is 3. The van der Waals surface area contributed by atoms with Crippen LogP contribution in [-0.2, 0) is 6.42 Å². The fourth-order valence-electron chi connectivity index (χ4n) is 1.04. The zero-order valence-electron chi connectivity index (χ0n) is 7.13. The van der Waals surface area contributed by atoms with Gasteiger partial charge in [-0.1, -0.05) is 18.2 Å². The molecule has 0 fully saturated rings. The van der Waals surface area contributed by atoms with E-state index >= 15 is 0 Å². The van der Waals surface area contributed by atoms with Gasteiger partial charge < -0.3 is 5.73 Å². The first-order chi connectivity index (χ1) is 6.15. The Bertz CT molecular complexity index is 312. The Hall–Kier alpha value is -0.670. The van der Waals surface area contributed by atoms with E-state index in [4.69, 9.17) is 5.73 Å². The lowest BCUT2D eigenvalue weighted by Crippen LogP contribution is -2.20. The smallest absolute Gasteiger partial charge is 0.140 e. The van der Waals surface area contributed by atoms with E-state index in [0.29, 0.717) is 16.5 Å². The third-order valence-electron chi connectivity index (χ3n) is 1.79. The van der Waals surface area contributed by atoms with E-state index in [2.05, 4.69) is 22.5 Å². The Balaban J connectivity index is 2.88. The third kappa shape index (κ3) is 2.64. The molecule has 13 heavy (non-hydrogen) atoms. The summed E-state index contributed by atoms with van der Waals surface area (Å²) in [6, 6.07) is 4.99. The lowest BCUT2D eigenvalue weighted by molar-refractivity contribution is 0.596. The fraction of sp³-hybridized carbons (Fsp3) is 0.200. The zero-order valence-corrected chi connectivity index (χ0v) is 8.72. The Morgan fingerprint density at radius 1 is 1.62 bits per heavy atom. The van der Waals surface area contributed by atoms with Gasteiger partial charge in [0.05, 0.1) is 4.47 Å². The predicted molar refractivity (Wildman–Crippen MR) is 56.0 cm³/mol. The molecule has 0 aromatic heterocycles. The van der Waals surface area contributed by atoms with Crippen molar-refractivity contribution in [2.24, 2.45) is 5.73 Å². The summed E-state index contributed by atoms with van der Waals surface area (Å²) >= 11 is 3.12. The van der Waals surface area contributed by atoms with Gasteiger partial charge in [-0.15, -0.1) is 6.58 Å². The molecule has 0 spiro atoms. The van der Waals surface area contributed by atoms with Crippen LogP contribution in [0.4, 0.5) is 4.39 Å². The van der Waals surface area contributed by atoms with Crippen molar-refractivity contribution in [2.75, 3.05) is 0 Å². The van der Waals surface area contributed by atoms with Crippen molar-refractivity contribution in [3.63, 3.8) is 0 Å². The van der Waals surface area contributed by atoms with Crippen LogP contribution in [0.1, 0.15) is 5.56 Å². The van der Waals surface area contributed by atoms with Crippen LogP contribution in [0.5, 0.6) is 0 Å². The molecule has 0 aliphatic heterocycles. The van der Waals surface area contributed by atoms with Crippen LogP contribution in [0.25, 0.3) is 0 Å². The van der Waals surface area contributed by atoms with Gasteiger partial charge in [0.15, 0.2) is 0 Å². The molecule has 1 aromatic carbocycles. The second-order valence-electron chi connectivity index (χ2n) is 2.82. The first-order valence-electron chi connectivity index (χ1n) is 3.96. The van der Waals surface area contributed by atoms with Crippen LogP contribution >= 0.6 is 15.9 Å². The normalized spacial score (nSPS) is 12.5. The third-order valence-corrected chi connectivity index (χ3v) is 2.40. The fourth-order valence-corrected chi connectivity index (χ4v) is 1.45. The van der Waals surface area contributed by atoms with Crippen molar-refractivity contribution >= 4 is 15.9 Å². The summed E-state index contributed by atoms with van der Waals surface area (Å²) in [6.07, 6.45) is 2.09. The molecule has 0 amide bonds. The molecule has 70 valence electrons. The van der Waals surface area contributed by atoms with Crippen molar-refractivity contribution in [3.8, 4) is 0 Å². The zero-order chi connectivity index (χ0) is 9.84. The molecule has 2 N–H and O–H groups in total. The standard InChI is InChI=1S/C10H11BrFN/c1-2-8(13)6-7-4-3-5-9(11)10(7)12/h2-5,8H,1,6,13H2. The number of halogens is 2. The molecule has 0 bridgehead atoms. The quantitative estimate of drug-likeness (QED) is 0.812. The van der Waals surface area contributed by atoms with Crippen LogP contribution in [0.2, 0.25) is 0 Å². The summed E-state index contributed by atoms with van der Waals surface area (Å²) in [7, 11) is 0. The van der Waals surface area contributed by atoms with Gasteiger partial charge in [0, 0.05) is 6.04 Å². The minimum atomic E-state index is -0.236.